The first-order chi connectivity index (χ1) is 6.25. The number of nitrogens with zero attached hydrogens (tertiary/aromatic N) is 1. The minimum Gasteiger partial charge on any atom is -0.445 e. The molecule has 0 unspecified atom stereocenters. The van der Waals surface area contributed by atoms with Crippen LogP contribution in [0, 0.1) is 0 Å². The summed E-state index contributed by atoms with van der Waals surface area (Å²) in [6, 6.07) is 0. The molecule has 0 atom stereocenters. The van der Waals surface area contributed by atoms with Gasteiger partial charge < -0.3 is 4.74 Å². The predicted octanol–water partition coefficient (Wildman–Crippen LogP) is 1.10. The minimum atomic E-state index is -0.603. The van der Waals surface area contributed by atoms with E-state index in [9.17, 15) is 9.59 Å². The molecule has 2 amide bonds. The third-order valence-corrected chi connectivity index (χ3v) is 1.59. The second-order valence-electron chi connectivity index (χ2n) is 2.55. The highest BCUT2D eigenvalue weighted by atomic mass is 16.6. The average molecular weight is 181 g/mol. The Morgan fingerprint density at radius 3 is 3.08 bits per heavy atom. The van der Waals surface area contributed by atoms with Gasteiger partial charge in [-0.2, -0.15) is 0 Å². The second-order valence-corrected chi connectivity index (χ2v) is 2.55. The van der Waals surface area contributed by atoms with E-state index in [4.69, 9.17) is 4.74 Å². The van der Waals surface area contributed by atoms with Crippen molar-refractivity contribution in [3.8, 4) is 0 Å². The van der Waals surface area contributed by atoms with Gasteiger partial charge in [0.05, 0.1) is 6.54 Å². The van der Waals surface area contributed by atoms with Crippen LogP contribution in [0.15, 0.2) is 24.8 Å². The number of imide groups is 1. The normalized spacial score (nSPS) is 15.7. The Morgan fingerprint density at radius 2 is 2.46 bits per heavy atom. The molecule has 0 saturated heterocycles. The second kappa shape index (κ2) is 4.45. The molecule has 1 aliphatic heterocycles. The summed E-state index contributed by atoms with van der Waals surface area (Å²) in [4.78, 5) is 23.4. The van der Waals surface area contributed by atoms with Crippen LogP contribution in [0.2, 0.25) is 0 Å². The molecule has 0 bridgehead atoms. The summed E-state index contributed by atoms with van der Waals surface area (Å²) in [5, 5.41) is 0. The molecule has 0 radical (unpaired) electrons. The van der Waals surface area contributed by atoms with Gasteiger partial charge in [0.25, 0.3) is 0 Å². The van der Waals surface area contributed by atoms with Crippen LogP contribution < -0.4 is 0 Å². The fraction of sp³-hybridized carbons (Fsp3) is 0.333. The Balaban J connectivity index is 2.50. The number of hydrogen-bond donors (Lipinski definition) is 0. The van der Waals surface area contributed by atoms with Crippen molar-refractivity contribution < 1.29 is 14.3 Å². The van der Waals surface area contributed by atoms with Crippen molar-refractivity contribution in [3.05, 3.63) is 24.8 Å². The molecule has 1 heterocycles. The van der Waals surface area contributed by atoms with Gasteiger partial charge in [0, 0.05) is 6.42 Å². The molecule has 0 spiro atoms. The molecule has 0 saturated carbocycles. The maximum Gasteiger partial charge on any atom is 0.417 e. The van der Waals surface area contributed by atoms with Gasteiger partial charge in [0.15, 0.2) is 0 Å². The topological polar surface area (TPSA) is 46.6 Å². The van der Waals surface area contributed by atoms with E-state index >= 15 is 0 Å². The van der Waals surface area contributed by atoms with Crippen LogP contribution in [0.25, 0.3) is 0 Å². The number of carbonyl (C=O) groups is 2. The summed E-state index contributed by atoms with van der Waals surface area (Å²) in [7, 11) is 0. The van der Waals surface area contributed by atoms with Gasteiger partial charge in [-0.05, 0) is 0 Å². The molecule has 4 heteroatoms. The van der Waals surface area contributed by atoms with E-state index in [1.807, 2.05) is 0 Å². The van der Waals surface area contributed by atoms with Gasteiger partial charge in [-0.1, -0.05) is 24.8 Å². The third kappa shape index (κ3) is 2.43. The quantitative estimate of drug-likeness (QED) is 0.599. The van der Waals surface area contributed by atoms with E-state index in [1.54, 1.807) is 12.2 Å². The van der Waals surface area contributed by atoms with Gasteiger partial charge in [-0.25, -0.2) is 9.69 Å². The van der Waals surface area contributed by atoms with Crippen molar-refractivity contribution in [2.45, 2.75) is 6.42 Å². The van der Waals surface area contributed by atoms with Gasteiger partial charge in [0.2, 0.25) is 5.91 Å². The Morgan fingerprint density at radius 1 is 1.69 bits per heavy atom. The maximum atomic E-state index is 11.2. The Kier molecular flexibility index (Phi) is 3.25. The highest BCUT2D eigenvalue weighted by molar-refractivity contribution is 5.93. The first kappa shape index (κ1) is 9.51. The lowest BCUT2D eigenvalue weighted by atomic mass is 10.2. The summed E-state index contributed by atoms with van der Waals surface area (Å²) in [6.07, 6.45) is 4.62. The molecule has 0 N–H and O–H groups in total. The number of hydrogen-bond acceptors (Lipinski definition) is 3. The summed E-state index contributed by atoms with van der Waals surface area (Å²) in [6.45, 7) is 3.83. The maximum absolute atomic E-state index is 11.2. The summed E-state index contributed by atoms with van der Waals surface area (Å²) in [5.74, 6) is -0.225. The van der Waals surface area contributed by atoms with Crippen molar-refractivity contribution in [1.82, 2.24) is 4.90 Å². The molecule has 70 valence electrons. The molecule has 1 aliphatic rings. The summed E-state index contributed by atoms with van der Waals surface area (Å²) < 4.78 is 4.72. The van der Waals surface area contributed by atoms with Crippen molar-refractivity contribution in [3.63, 3.8) is 0 Å². The summed E-state index contributed by atoms with van der Waals surface area (Å²) in [5.41, 5.74) is 0. The van der Waals surface area contributed by atoms with Crippen molar-refractivity contribution >= 4 is 12.0 Å². The van der Waals surface area contributed by atoms with E-state index < -0.39 is 6.09 Å². The smallest absolute Gasteiger partial charge is 0.417 e. The van der Waals surface area contributed by atoms with E-state index in [2.05, 4.69) is 6.58 Å². The van der Waals surface area contributed by atoms with Crippen LogP contribution in [0.5, 0.6) is 0 Å². The predicted molar refractivity (Wildman–Crippen MR) is 47.0 cm³/mol. The number of ether oxygens (including phenoxy) is 1. The van der Waals surface area contributed by atoms with Gasteiger partial charge in [0.1, 0.15) is 6.61 Å². The first-order valence-electron chi connectivity index (χ1n) is 3.98. The van der Waals surface area contributed by atoms with Gasteiger partial charge >= 0.3 is 6.09 Å². The average Bonchev–Trinajstić information content (AvgIpc) is 2.15. The number of amides is 2. The SMILES string of the molecule is C=CCOC(=O)N1CC=CCC1=O. The lowest BCUT2D eigenvalue weighted by Gasteiger charge is -2.20. The molecule has 0 fully saturated rings. The molecule has 0 aromatic rings. The zero-order chi connectivity index (χ0) is 9.68. The molecule has 0 aromatic carbocycles. The zero-order valence-corrected chi connectivity index (χ0v) is 7.23. The molecular weight excluding hydrogens is 170 g/mol. The molecule has 0 aromatic heterocycles. The molecule has 0 aliphatic carbocycles. The lowest BCUT2D eigenvalue weighted by Crippen LogP contribution is -2.38. The third-order valence-electron chi connectivity index (χ3n) is 1.59. The van der Waals surface area contributed by atoms with Crippen LogP contribution >= 0.6 is 0 Å². The van der Waals surface area contributed by atoms with Crippen molar-refractivity contribution in [1.29, 1.82) is 0 Å². The van der Waals surface area contributed by atoms with E-state index in [-0.39, 0.29) is 18.9 Å². The lowest BCUT2D eigenvalue weighted by molar-refractivity contribution is -0.128. The molecule has 4 nitrogen and oxygen atoms in total. The Hall–Kier alpha value is -1.58. The standard InChI is InChI=1S/C9H11NO3/c1-2-7-13-9(12)10-6-4-3-5-8(10)11/h2-4H,1,5-7H2. The monoisotopic (exact) mass is 181 g/mol. The van der Waals surface area contributed by atoms with E-state index in [1.165, 1.54) is 6.08 Å². The molecule has 1 rings (SSSR count). The van der Waals surface area contributed by atoms with Gasteiger partial charge in [-0.15, -0.1) is 0 Å². The van der Waals surface area contributed by atoms with Crippen molar-refractivity contribution in [2.75, 3.05) is 13.2 Å². The summed E-state index contributed by atoms with van der Waals surface area (Å²) >= 11 is 0. The zero-order valence-electron chi connectivity index (χ0n) is 7.23. The molecule has 13 heavy (non-hydrogen) atoms. The fourth-order valence-corrected chi connectivity index (χ4v) is 0.961. The highest BCUT2D eigenvalue weighted by Crippen LogP contribution is 2.05. The van der Waals surface area contributed by atoms with E-state index in [0.717, 1.165) is 4.90 Å². The van der Waals surface area contributed by atoms with Crippen LogP contribution in [-0.4, -0.2) is 30.1 Å². The molecular formula is C9H11NO3. The highest BCUT2D eigenvalue weighted by Gasteiger charge is 2.22. The van der Waals surface area contributed by atoms with Crippen molar-refractivity contribution in [2.24, 2.45) is 0 Å². The van der Waals surface area contributed by atoms with E-state index in [0.29, 0.717) is 6.54 Å². The first-order valence-corrected chi connectivity index (χ1v) is 3.98. The Bertz CT molecular complexity index is 258. The fourth-order valence-electron chi connectivity index (χ4n) is 0.961. The van der Waals surface area contributed by atoms with Crippen LogP contribution in [0.4, 0.5) is 4.79 Å². The minimum absolute atomic E-state index is 0.131. The Labute approximate surface area is 76.5 Å². The van der Waals surface area contributed by atoms with Gasteiger partial charge in [-0.3, -0.25) is 4.79 Å². The van der Waals surface area contributed by atoms with Crippen LogP contribution in [0.1, 0.15) is 6.42 Å². The van der Waals surface area contributed by atoms with Crippen LogP contribution in [-0.2, 0) is 9.53 Å². The van der Waals surface area contributed by atoms with Crippen LogP contribution in [0.3, 0.4) is 0 Å². The largest absolute Gasteiger partial charge is 0.445 e. The number of rotatable bonds is 2. The number of carbonyl (C=O) groups excluding carboxylic acids is 2.